The number of hydrogen-bond donors (Lipinski definition) is 1. The zero-order valence-corrected chi connectivity index (χ0v) is 19.7. The summed E-state index contributed by atoms with van der Waals surface area (Å²) in [7, 11) is 0. The summed E-state index contributed by atoms with van der Waals surface area (Å²) < 4.78 is 0.870. The summed E-state index contributed by atoms with van der Waals surface area (Å²) in [4.78, 5) is 33.5. The Bertz CT molecular complexity index is 1280. The number of thiazole rings is 1. The second kappa shape index (κ2) is 8.29. The minimum absolute atomic E-state index is 0.218. The van der Waals surface area contributed by atoms with Gasteiger partial charge in [0, 0.05) is 33.1 Å². The Labute approximate surface area is 192 Å². The third kappa shape index (κ3) is 4.09. The van der Waals surface area contributed by atoms with Crippen molar-refractivity contribution in [2.45, 2.75) is 48.9 Å². The van der Waals surface area contributed by atoms with Crippen LogP contribution in [-0.2, 0) is 24.1 Å². The Morgan fingerprint density at radius 3 is 2.94 bits per heavy atom. The van der Waals surface area contributed by atoms with Crippen LogP contribution in [0.4, 0.5) is 0 Å². The molecule has 31 heavy (non-hydrogen) atoms. The van der Waals surface area contributed by atoms with E-state index in [1.807, 2.05) is 19.1 Å². The number of pyridine rings is 1. The largest absolute Gasteiger partial charge is 0.369 e. The second-order valence-corrected chi connectivity index (χ2v) is 11.3. The fourth-order valence-corrected chi connectivity index (χ4v) is 7.61. The highest BCUT2D eigenvalue weighted by molar-refractivity contribution is 8.01. The molecule has 4 aromatic heterocycles. The van der Waals surface area contributed by atoms with Gasteiger partial charge in [0.1, 0.15) is 9.86 Å². The predicted molar refractivity (Wildman–Crippen MR) is 126 cm³/mol. The maximum absolute atomic E-state index is 11.4. The van der Waals surface area contributed by atoms with E-state index < -0.39 is 0 Å². The lowest BCUT2D eigenvalue weighted by Crippen LogP contribution is -2.13. The number of carbonyl (C=O) groups excluding carboxylic acids is 1. The summed E-state index contributed by atoms with van der Waals surface area (Å²) >= 11 is 4.86. The first-order valence-corrected chi connectivity index (χ1v) is 12.6. The molecule has 1 atom stereocenters. The van der Waals surface area contributed by atoms with Crippen molar-refractivity contribution in [2.75, 3.05) is 0 Å². The van der Waals surface area contributed by atoms with E-state index in [-0.39, 0.29) is 12.3 Å². The lowest BCUT2D eigenvalue weighted by Gasteiger charge is -2.18. The first-order chi connectivity index (χ1) is 15.0. The summed E-state index contributed by atoms with van der Waals surface area (Å²) in [6.07, 6.45) is 7.11. The van der Waals surface area contributed by atoms with E-state index in [0.29, 0.717) is 11.7 Å². The molecule has 1 amide bonds. The first-order valence-electron chi connectivity index (χ1n) is 10.1. The van der Waals surface area contributed by atoms with Crippen LogP contribution in [0.25, 0.3) is 21.6 Å². The highest BCUT2D eigenvalue weighted by Crippen LogP contribution is 2.44. The van der Waals surface area contributed by atoms with Crippen molar-refractivity contribution in [3.8, 4) is 11.4 Å². The Kier molecular flexibility index (Phi) is 5.49. The fraction of sp³-hybridized carbons (Fsp3) is 0.318. The summed E-state index contributed by atoms with van der Waals surface area (Å²) in [5.74, 6) is 1.04. The maximum Gasteiger partial charge on any atom is 0.222 e. The molecule has 1 aliphatic rings. The van der Waals surface area contributed by atoms with Gasteiger partial charge in [-0.05, 0) is 61.6 Å². The van der Waals surface area contributed by atoms with Crippen molar-refractivity contribution in [2.24, 2.45) is 11.7 Å². The topological polar surface area (TPSA) is 94.7 Å². The molecule has 0 saturated heterocycles. The maximum atomic E-state index is 11.4. The van der Waals surface area contributed by atoms with Crippen molar-refractivity contribution in [1.29, 1.82) is 0 Å². The molecule has 0 bridgehead atoms. The van der Waals surface area contributed by atoms with Crippen molar-refractivity contribution >= 4 is 50.6 Å². The van der Waals surface area contributed by atoms with Crippen LogP contribution in [-0.4, -0.2) is 25.8 Å². The Balaban J connectivity index is 1.63. The van der Waals surface area contributed by atoms with E-state index in [1.165, 1.54) is 28.2 Å². The molecule has 4 aromatic rings. The lowest BCUT2D eigenvalue weighted by molar-refractivity contribution is -0.117. The van der Waals surface area contributed by atoms with E-state index in [9.17, 15) is 4.79 Å². The minimum atomic E-state index is -0.340. The van der Waals surface area contributed by atoms with Crippen LogP contribution in [0.3, 0.4) is 0 Å². The van der Waals surface area contributed by atoms with Crippen molar-refractivity contribution in [1.82, 2.24) is 19.9 Å². The zero-order chi connectivity index (χ0) is 21.5. The predicted octanol–water partition coefficient (Wildman–Crippen LogP) is 4.82. The Hall–Kier alpha value is -2.36. The molecule has 1 aliphatic carbocycles. The van der Waals surface area contributed by atoms with E-state index in [0.717, 1.165) is 48.6 Å². The number of aryl methyl sites for hydroxylation is 2. The van der Waals surface area contributed by atoms with Gasteiger partial charge in [-0.25, -0.2) is 15.0 Å². The van der Waals surface area contributed by atoms with Gasteiger partial charge in [0.25, 0.3) is 0 Å². The molecular weight excluding hydrogens is 446 g/mol. The molecule has 158 valence electrons. The number of nitrogens with two attached hydrogens (primary N) is 1. The van der Waals surface area contributed by atoms with Gasteiger partial charge in [0.2, 0.25) is 5.91 Å². The number of rotatable bonds is 5. The minimum Gasteiger partial charge on any atom is -0.369 e. The molecule has 9 heteroatoms. The molecule has 0 saturated carbocycles. The van der Waals surface area contributed by atoms with Crippen molar-refractivity contribution in [3.05, 3.63) is 45.5 Å². The van der Waals surface area contributed by atoms with E-state index >= 15 is 0 Å². The summed E-state index contributed by atoms with van der Waals surface area (Å²) in [5.41, 5.74) is 8.54. The van der Waals surface area contributed by atoms with Gasteiger partial charge in [-0.15, -0.1) is 22.7 Å². The average Bonchev–Trinajstić information content (AvgIpc) is 3.27. The molecule has 0 radical (unpaired) electrons. The molecule has 1 unspecified atom stereocenters. The van der Waals surface area contributed by atoms with Crippen LogP contribution in [0.1, 0.15) is 34.4 Å². The molecule has 4 heterocycles. The normalized spacial score (nSPS) is 15.9. The van der Waals surface area contributed by atoms with Gasteiger partial charge in [-0.3, -0.25) is 9.78 Å². The Morgan fingerprint density at radius 2 is 2.16 bits per heavy atom. The molecule has 0 spiro atoms. The van der Waals surface area contributed by atoms with Crippen LogP contribution in [0, 0.1) is 12.8 Å². The monoisotopic (exact) mass is 467 g/mol. The number of amides is 1. The van der Waals surface area contributed by atoms with Crippen molar-refractivity contribution < 1.29 is 4.79 Å². The molecule has 0 fully saturated rings. The smallest absolute Gasteiger partial charge is 0.222 e. The average molecular weight is 468 g/mol. The number of nitrogens with zero attached hydrogens (tertiary/aromatic N) is 4. The molecule has 5 rings (SSSR count). The van der Waals surface area contributed by atoms with Crippen LogP contribution >= 0.6 is 34.4 Å². The van der Waals surface area contributed by atoms with Gasteiger partial charge < -0.3 is 5.73 Å². The van der Waals surface area contributed by atoms with Gasteiger partial charge in [-0.1, -0.05) is 6.92 Å². The first kappa shape index (κ1) is 20.5. The number of primary amides is 1. The van der Waals surface area contributed by atoms with Crippen LogP contribution in [0.15, 0.2) is 33.9 Å². The van der Waals surface area contributed by atoms with E-state index in [4.69, 9.17) is 15.7 Å². The molecule has 6 nitrogen and oxygen atoms in total. The molecular formula is C22H21N5OS3. The second-order valence-electron chi connectivity index (χ2n) is 7.86. The SMILES string of the molecule is Cc1nc(Sc2nc(-c3cccnc3)nc3sc4c(c23)CCC(C)C4)sc1CC(N)=O. The van der Waals surface area contributed by atoms with Gasteiger partial charge >= 0.3 is 0 Å². The van der Waals surface area contributed by atoms with Crippen LogP contribution in [0.2, 0.25) is 0 Å². The summed E-state index contributed by atoms with van der Waals surface area (Å²) in [5, 5.41) is 2.09. The number of carbonyl (C=O) groups is 1. The summed E-state index contributed by atoms with van der Waals surface area (Å²) in [6.45, 7) is 4.23. The highest BCUT2D eigenvalue weighted by Gasteiger charge is 2.25. The van der Waals surface area contributed by atoms with Gasteiger partial charge in [0.05, 0.1) is 12.1 Å². The third-order valence-electron chi connectivity index (χ3n) is 5.43. The third-order valence-corrected chi connectivity index (χ3v) is 8.79. The fourth-order valence-electron chi connectivity index (χ4n) is 3.86. The van der Waals surface area contributed by atoms with Gasteiger partial charge in [0.15, 0.2) is 10.2 Å². The molecule has 0 aromatic carbocycles. The summed E-state index contributed by atoms with van der Waals surface area (Å²) in [6, 6.07) is 3.88. The number of fused-ring (bicyclic) bond motifs is 3. The number of aromatic nitrogens is 4. The highest BCUT2D eigenvalue weighted by atomic mass is 32.2. The quantitative estimate of drug-likeness (QED) is 0.423. The lowest BCUT2D eigenvalue weighted by atomic mass is 9.89. The standard InChI is InChI=1S/C22H21N5OS3/c1-11-5-6-14-16(8-11)29-20-18(14)21(27-19(26-20)13-4-3-7-24-10-13)31-22-25-12(2)15(30-22)9-17(23)28/h3-4,7,10-11H,5-6,8-9H2,1-2H3,(H2,23,28). The zero-order valence-electron chi connectivity index (χ0n) is 17.2. The van der Waals surface area contributed by atoms with Crippen LogP contribution in [0.5, 0.6) is 0 Å². The number of hydrogen-bond acceptors (Lipinski definition) is 8. The molecule has 2 N–H and O–H groups in total. The van der Waals surface area contributed by atoms with E-state index in [2.05, 4.69) is 16.9 Å². The van der Waals surface area contributed by atoms with Gasteiger partial charge in [-0.2, -0.15) is 0 Å². The van der Waals surface area contributed by atoms with E-state index in [1.54, 1.807) is 35.5 Å². The molecule has 0 aliphatic heterocycles. The number of thiophene rings is 1. The Morgan fingerprint density at radius 1 is 1.29 bits per heavy atom. The van der Waals surface area contributed by atoms with Crippen molar-refractivity contribution in [3.63, 3.8) is 0 Å². The van der Waals surface area contributed by atoms with Crippen LogP contribution < -0.4 is 5.73 Å².